The van der Waals surface area contributed by atoms with E-state index in [1.165, 1.54) is 5.69 Å². The van der Waals surface area contributed by atoms with Crippen molar-refractivity contribution in [1.29, 1.82) is 0 Å². The molecule has 0 aliphatic rings. The predicted octanol–water partition coefficient (Wildman–Crippen LogP) is 2.01. The standard InChI is InChI=1S/C11H18N2/c1-3-10(12-4-2)9-11-7-5-6-8-13-11/h5-8,10,12H,3-4,9H2,1-2H3. The minimum Gasteiger partial charge on any atom is -0.314 e. The SMILES string of the molecule is CCNC(CC)Cc1ccccn1. The lowest BCUT2D eigenvalue weighted by molar-refractivity contribution is 0.505. The van der Waals surface area contributed by atoms with E-state index in [0.717, 1.165) is 19.4 Å². The van der Waals surface area contributed by atoms with Crippen molar-refractivity contribution < 1.29 is 0 Å². The molecule has 0 amide bonds. The zero-order valence-corrected chi connectivity index (χ0v) is 8.46. The molecule has 0 aromatic carbocycles. The lowest BCUT2D eigenvalue weighted by atomic mass is 10.1. The molecule has 2 heteroatoms. The molecule has 2 nitrogen and oxygen atoms in total. The van der Waals surface area contributed by atoms with Crippen LogP contribution >= 0.6 is 0 Å². The molecule has 1 unspecified atom stereocenters. The highest BCUT2D eigenvalue weighted by Gasteiger charge is 2.05. The van der Waals surface area contributed by atoms with Crippen LogP contribution in [0.3, 0.4) is 0 Å². The summed E-state index contributed by atoms with van der Waals surface area (Å²) in [6, 6.07) is 6.65. The van der Waals surface area contributed by atoms with E-state index in [0.29, 0.717) is 6.04 Å². The Kier molecular flexibility index (Phi) is 4.47. The van der Waals surface area contributed by atoms with Gasteiger partial charge in [0.05, 0.1) is 0 Å². The molecule has 0 aliphatic heterocycles. The third-order valence-electron chi connectivity index (χ3n) is 2.17. The number of aromatic nitrogens is 1. The van der Waals surface area contributed by atoms with Crippen LogP contribution in [-0.4, -0.2) is 17.6 Å². The van der Waals surface area contributed by atoms with E-state index >= 15 is 0 Å². The average Bonchev–Trinajstić information content (AvgIpc) is 2.19. The van der Waals surface area contributed by atoms with Gasteiger partial charge in [-0.25, -0.2) is 0 Å². The Hall–Kier alpha value is -0.890. The molecule has 0 aliphatic carbocycles. The summed E-state index contributed by atoms with van der Waals surface area (Å²) in [5.41, 5.74) is 1.18. The monoisotopic (exact) mass is 178 g/mol. The van der Waals surface area contributed by atoms with Crippen LogP contribution in [-0.2, 0) is 6.42 Å². The van der Waals surface area contributed by atoms with Crippen molar-refractivity contribution >= 4 is 0 Å². The third kappa shape index (κ3) is 3.55. The van der Waals surface area contributed by atoms with Crippen LogP contribution in [0.2, 0.25) is 0 Å². The molecule has 0 spiro atoms. The van der Waals surface area contributed by atoms with E-state index in [2.05, 4.69) is 30.2 Å². The fourth-order valence-electron chi connectivity index (χ4n) is 1.42. The van der Waals surface area contributed by atoms with Crippen LogP contribution in [0.25, 0.3) is 0 Å². The van der Waals surface area contributed by atoms with Gasteiger partial charge in [-0.1, -0.05) is 19.9 Å². The summed E-state index contributed by atoms with van der Waals surface area (Å²) in [7, 11) is 0. The first-order chi connectivity index (χ1) is 6.36. The second-order valence-electron chi connectivity index (χ2n) is 3.19. The summed E-state index contributed by atoms with van der Waals surface area (Å²) >= 11 is 0. The zero-order valence-electron chi connectivity index (χ0n) is 8.46. The van der Waals surface area contributed by atoms with Gasteiger partial charge in [0.1, 0.15) is 0 Å². The molecule has 1 heterocycles. The summed E-state index contributed by atoms with van der Waals surface area (Å²) in [5.74, 6) is 0. The van der Waals surface area contributed by atoms with Crippen molar-refractivity contribution in [3.8, 4) is 0 Å². The highest BCUT2D eigenvalue weighted by Crippen LogP contribution is 2.01. The maximum absolute atomic E-state index is 4.31. The molecule has 13 heavy (non-hydrogen) atoms. The van der Waals surface area contributed by atoms with Gasteiger partial charge in [0.2, 0.25) is 0 Å². The number of hydrogen-bond acceptors (Lipinski definition) is 2. The highest BCUT2D eigenvalue weighted by atomic mass is 14.9. The van der Waals surface area contributed by atoms with Gasteiger partial charge < -0.3 is 5.32 Å². The fraction of sp³-hybridized carbons (Fsp3) is 0.545. The minimum atomic E-state index is 0.569. The van der Waals surface area contributed by atoms with Crippen molar-refractivity contribution in [2.45, 2.75) is 32.7 Å². The van der Waals surface area contributed by atoms with Crippen molar-refractivity contribution in [3.05, 3.63) is 30.1 Å². The lowest BCUT2D eigenvalue weighted by Crippen LogP contribution is -2.30. The largest absolute Gasteiger partial charge is 0.314 e. The first-order valence-electron chi connectivity index (χ1n) is 5.00. The molecular weight excluding hydrogens is 160 g/mol. The maximum atomic E-state index is 4.31. The van der Waals surface area contributed by atoms with Crippen LogP contribution in [0.15, 0.2) is 24.4 Å². The first-order valence-corrected chi connectivity index (χ1v) is 5.00. The van der Waals surface area contributed by atoms with Crippen molar-refractivity contribution in [2.75, 3.05) is 6.54 Å². The number of pyridine rings is 1. The third-order valence-corrected chi connectivity index (χ3v) is 2.17. The second kappa shape index (κ2) is 5.70. The maximum Gasteiger partial charge on any atom is 0.0419 e. The van der Waals surface area contributed by atoms with Gasteiger partial charge in [0.15, 0.2) is 0 Å². The Bertz CT molecular complexity index is 221. The quantitative estimate of drug-likeness (QED) is 0.746. The van der Waals surface area contributed by atoms with Gasteiger partial charge >= 0.3 is 0 Å². The number of hydrogen-bond donors (Lipinski definition) is 1. The molecule has 0 bridgehead atoms. The molecule has 72 valence electrons. The Morgan fingerprint density at radius 1 is 1.38 bits per heavy atom. The molecule has 1 rings (SSSR count). The molecule has 0 radical (unpaired) electrons. The van der Waals surface area contributed by atoms with Gasteiger partial charge in [-0.2, -0.15) is 0 Å². The van der Waals surface area contributed by atoms with Gasteiger partial charge in [-0.05, 0) is 25.1 Å². The Morgan fingerprint density at radius 3 is 2.77 bits per heavy atom. The van der Waals surface area contributed by atoms with E-state index < -0.39 is 0 Å². The number of nitrogens with zero attached hydrogens (tertiary/aromatic N) is 1. The van der Waals surface area contributed by atoms with E-state index in [1.807, 2.05) is 18.3 Å². The summed E-state index contributed by atoms with van der Waals surface area (Å²) < 4.78 is 0. The van der Waals surface area contributed by atoms with Crippen LogP contribution in [0.1, 0.15) is 26.0 Å². The summed E-state index contributed by atoms with van der Waals surface area (Å²) in [4.78, 5) is 4.31. The normalized spacial score (nSPS) is 12.8. The molecule has 0 saturated carbocycles. The molecule has 1 aromatic rings. The van der Waals surface area contributed by atoms with Crippen molar-refractivity contribution in [2.24, 2.45) is 0 Å². The molecule has 1 aromatic heterocycles. The molecule has 0 saturated heterocycles. The molecule has 1 atom stereocenters. The smallest absolute Gasteiger partial charge is 0.0419 e. The fourth-order valence-corrected chi connectivity index (χ4v) is 1.42. The summed E-state index contributed by atoms with van der Waals surface area (Å²) in [5, 5.41) is 3.44. The highest BCUT2D eigenvalue weighted by molar-refractivity contribution is 5.05. The minimum absolute atomic E-state index is 0.569. The van der Waals surface area contributed by atoms with Crippen molar-refractivity contribution in [1.82, 2.24) is 10.3 Å². The summed E-state index contributed by atoms with van der Waals surface area (Å²) in [6.45, 7) is 5.38. The molecule has 0 fully saturated rings. The average molecular weight is 178 g/mol. The van der Waals surface area contributed by atoms with Gasteiger partial charge in [0.25, 0.3) is 0 Å². The number of nitrogens with one attached hydrogen (secondary N) is 1. The topological polar surface area (TPSA) is 24.9 Å². The molecule has 1 N–H and O–H groups in total. The lowest BCUT2D eigenvalue weighted by Gasteiger charge is -2.14. The Labute approximate surface area is 80.4 Å². The van der Waals surface area contributed by atoms with Gasteiger partial charge in [-0.3, -0.25) is 4.98 Å². The van der Waals surface area contributed by atoms with E-state index in [1.54, 1.807) is 0 Å². The van der Waals surface area contributed by atoms with E-state index in [9.17, 15) is 0 Å². The van der Waals surface area contributed by atoms with Crippen LogP contribution in [0, 0.1) is 0 Å². The first kappa shape index (κ1) is 10.2. The molecular formula is C11H18N2. The van der Waals surface area contributed by atoms with Crippen LogP contribution in [0.5, 0.6) is 0 Å². The number of rotatable bonds is 5. The Balaban J connectivity index is 2.46. The second-order valence-corrected chi connectivity index (χ2v) is 3.19. The number of likely N-dealkylation sites (N-methyl/N-ethyl adjacent to an activating group) is 1. The van der Waals surface area contributed by atoms with Crippen LogP contribution in [0.4, 0.5) is 0 Å². The van der Waals surface area contributed by atoms with E-state index in [4.69, 9.17) is 0 Å². The van der Waals surface area contributed by atoms with Gasteiger partial charge in [-0.15, -0.1) is 0 Å². The zero-order chi connectivity index (χ0) is 9.52. The van der Waals surface area contributed by atoms with Gasteiger partial charge in [0, 0.05) is 24.4 Å². The predicted molar refractivity (Wildman–Crippen MR) is 55.7 cm³/mol. The van der Waals surface area contributed by atoms with Crippen LogP contribution < -0.4 is 5.32 Å². The Morgan fingerprint density at radius 2 is 2.23 bits per heavy atom. The summed E-state index contributed by atoms with van der Waals surface area (Å²) in [6.07, 6.45) is 4.05. The van der Waals surface area contributed by atoms with Crippen molar-refractivity contribution in [3.63, 3.8) is 0 Å². The van der Waals surface area contributed by atoms with E-state index in [-0.39, 0.29) is 0 Å².